The van der Waals surface area contributed by atoms with Gasteiger partial charge < -0.3 is 21.2 Å². The normalized spacial score (nSPS) is 9.83. The summed E-state index contributed by atoms with van der Waals surface area (Å²) in [6, 6.07) is 3.07. The van der Waals surface area contributed by atoms with Gasteiger partial charge in [-0.05, 0) is 12.1 Å². The summed E-state index contributed by atoms with van der Waals surface area (Å²) in [4.78, 5) is 25.9. The Morgan fingerprint density at radius 2 is 2.22 bits per heavy atom. The zero-order valence-electron chi connectivity index (χ0n) is 9.68. The number of rotatable bonds is 7. The molecule has 0 aromatic carbocycles. The lowest BCUT2D eigenvalue weighted by Crippen LogP contribution is -2.29. The molecule has 8 heteroatoms. The van der Waals surface area contributed by atoms with Crippen LogP contribution in [0.15, 0.2) is 18.3 Å². The van der Waals surface area contributed by atoms with Gasteiger partial charge >= 0.3 is 0 Å². The molecule has 0 aliphatic heterocycles. The predicted molar refractivity (Wildman–Crippen MR) is 64.4 cm³/mol. The van der Waals surface area contributed by atoms with Crippen molar-refractivity contribution in [2.75, 3.05) is 25.2 Å². The first-order valence-corrected chi connectivity index (χ1v) is 5.20. The maximum atomic E-state index is 11.7. The van der Waals surface area contributed by atoms with Crippen molar-refractivity contribution in [3.8, 4) is 0 Å². The fraction of sp³-hybridized carbons (Fsp3) is 0.300. The molecule has 1 aromatic heterocycles. The summed E-state index contributed by atoms with van der Waals surface area (Å²) >= 11 is 0. The largest absolute Gasteiger partial charge is 0.370 e. The van der Waals surface area contributed by atoms with Crippen LogP contribution in [0.2, 0.25) is 0 Å². The molecule has 0 unspecified atom stereocenters. The van der Waals surface area contributed by atoms with Crippen molar-refractivity contribution in [1.29, 1.82) is 0 Å². The number of carbonyl (C=O) groups is 2. The Morgan fingerprint density at radius 1 is 1.44 bits per heavy atom. The number of aromatic nitrogens is 1. The molecule has 2 amide bonds. The van der Waals surface area contributed by atoms with Crippen molar-refractivity contribution in [3.05, 3.63) is 23.9 Å². The number of hydrogen-bond acceptors (Lipinski definition) is 6. The highest BCUT2D eigenvalue weighted by atomic mass is 16.5. The molecule has 0 radical (unpaired) electrons. The first-order chi connectivity index (χ1) is 8.63. The SMILES string of the molecule is NNc1cc(C(=O)NCCOCC(N)=O)ccn1. The molecule has 0 spiro atoms. The summed E-state index contributed by atoms with van der Waals surface area (Å²) in [5, 5.41) is 2.61. The highest BCUT2D eigenvalue weighted by molar-refractivity contribution is 5.94. The van der Waals surface area contributed by atoms with Crippen LogP contribution in [-0.2, 0) is 9.53 Å². The van der Waals surface area contributed by atoms with E-state index in [9.17, 15) is 9.59 Å². The van der Waals surface area contributed by atoms with Gasteiger partial charge in [0, 0.05) is 18.3 Å². The molecule has 0 saturated heterocycles. The Labute approximate surface area is 104 Å². The topological polar surface area (TPSA) is 132 Å². The van der Waals surface area contributed by atoms with E-state index in [2.05, 4.69) is 15.7 Å². The lowest BCUT2D eigenvalue weighted by Gasteiger charge is -2.06. The summed E-state index contributed by atoms with van der Waals surface area (Å²) in [5.74, 6) is 4.75. The molecular formula is C10H15N5O3. The van der Waals surface area contributed by atoms with Crippen LogP contribution in [0.1, 0.15) is 10.4 Å². The van der Waals surface area contributed by atoms with E-state index in [1.165, 1.54) is 12.3 Å². The molecule has 0 aliphatic rings. The standard InChI is InChI=1S/C10H15N5O3/c11-8(16)6-18-4-3-14-10(17)7-1-2-13-9(5-7)15-12/h1-2,5H,3-4,6,12H2,(H2,11,16)(H,13,15)(H,14,17). The van der Waals surface area contributed by atoms with E-state index in [0.29, 0.717) is 11.4 Å². The van der Waals surface area contributed by atoms with Gasteiger partial charge in [0.05, 0.1) is 6.61 Å². The van der Waals surface area contributed by atoms with Crippen molar-refractivity contribution >= 4 is 17.6 Å². The molecule has 1 heterocycles. The molecule has 1 rings (SSSR count). The van der Waals surface area contributed by atoms with Gasteiger partial charge in [-0.3, -0.25) is 9.59 Å². The first kappa shape index (κ1) is 13.9. The number of amides is 2. The molecule has 98 valence electrons. The molecular weight excluding hydrogens is 238 g/mol. The third-order valence-corrected chi connectivity index (χ3v) is 1.95. The summed E-state index contributed by atoms with van der Waals surface area (Å²) < 4.78 is 4.89. The van der Waals surface area contributed by atoms with Crippen LogP contribution in [0.25, 0.3) is 0 Å². The van der Waals surface area contributed by atoms with Gasteiger partial charge in [-0.1, -0.05) is 0 Å². The molecule has 1 aromatic rings. The molecule has 0 fully saturated rings. The summed E-state index contributed by atoms with van der Waals surface area (Å²) in [6.45, 7) is 0.327. The van der Waals surface area contributed by atoms with Crippen molar-refractivity contribution in [1.82, 2.24) is 10.3 Å². The maximum absolute atomic E-state index is 11.7. The van der Waals surface area contributed by atoms with Gasteiger partial charge in [0.15, 0.2) is 0 Å². The van der Waals surface area contributed by atoms with Crippen LogP contribution in [0.4, 0.5) is 5.82 Å². The molecule has 0 aliphatic carbocycles. The number of hydrazine groups is 1. The first-order valence-electron chi connectivity index (χ1n) is 5.20. The van der Waals surface area contributed by atoms with E-state index in [1.54, 1.807) is 6.07 Å². The smallest absolute Gasteiger partial charge is 0.251 e. The number of nitrogen functional groups attached to an aromatic ring is 1. The van der Waals surface area contributed by atoms with Crippen LogP contribution >= 0.6 is 0 Å². The van der Waals surface area contributed by atoms with Gasteiger partial charge in [0.25, 0.3) is 5.91 Å². The highest BCUT2D eigenvalue weighted by Gasteiger charge is 2.05. The lowest BCUT2D eigenvalue weighted by atomic mass is 10.2. The third-order valence-electron chi connectivity index (χ3n) is 1.95. The fourth-order valence-corrected chi connectivity index (χ4v) is 1.16. The number of anilines is 1. The van der Waals surface area contributed by atoms with E-state index in [-0.39, 0.29) is 25.7 Å². The Balaban J connectivity index is 2.33. The fourth-order valence-electron chi connectivity index (χ4n) is 1.16. The minimum absolute atomic E-state index is 0.160. The van der Waals surface area contributed by atoms with Gasteiger partial charge in [0.2, 0.25) is 5.91 Å². The minimum atomic E-state index is -0.547. The van der Waals surface area contributed by atoms with E-state index in [1.807, 2.05) is 0 Å². The Hall–Kier alpha value is -2.19. The van der Waals surface area contributed by atoms with Crippen LogP contribution in [0, 0.1) is 0 Å². The average molecular weight is 253 g/mol. The number of nitrogens with two attached hydrogens (primary N) is 2. The molecule has 18 heavy (non-hydrogen) atoms. The summed E-state index contributed by atoms with van der Waals surface area (Å²) in [7, 11) is 0. The molecule has 6 N–H and O–H groups in total. The van der Waals surface area contributed by atoms with Crippen molar-refractivity contribution < 1.29 is 14.3 Å². The number of nitrogens with one attached hydrogen (secondary N) is 2. The van der Waals surface area contributed by atoms with Crippen LogP contribution in [-0.4, -0.2) is 36.6 Å². The number of carbonyl (C=O) groups excluding carboxylic acids is 2. The zero-order valence-corrected chi connectivity index (χ0v) is 9.68. The number of nitrogens with zero attached hydrogens (tertiary/aromatic N) is 1. The number of primary amides is 1. The van der Waals surface area contributed by atoms with Gasteiger partial charge in [-0.15, -0.1) is 0 Å². The predicted octanol–water partition coefficient (Wildman–Crippen LogP) is -1.40. The Bertz CT molecular complexity index is 424. The summed E-state index contributed by atoms with van der Waals surface area (Å²) in [5.41, 5.74) is 7.65. The van der Waals surface area contributed by atoms with Gasteiger partial charge in [0.1, 0.15) is 12.4 Å². The van der Waals surface area contributed by atoms with Gasteiger partial charge in [-0.2, -0.15) is 0 Å². The Morgan fingerprint density at radius 3 is 2.89 bits per heavy atom. The van der Waals surface area contributed by atoms with Gasteiger partial charge in [-0.25, -0.2) is 10.8 Å². The highest BCUT2D eigenvalue weighted by Crippen LogP contribution is 2.04. The average Bonchev–Trinajstić information content (AvgIpc) is 2.37. The van der Waals surface area contributed by atoms with Crippen molar-refractivity contribution in [2.45, 2.75) is 0 Å². The third kappa shape index (κ3) is 4.76. The van der Waals surface area contributed by atoms with Crippen LogP contribution in [0.3, 0.4) is 0 Å². The molecule has 8 nitrogen and oxygen atoms in total. The number of hydrogen-bond donors (Lipinski definition) is 4. The Kier molecular flexibility index (Phi) is 5.55. The second-order valence-electron chi connectivity index (χ2n) is 3.35. The quantitative estimate of drug-likeness (QED) is 0.268. The maximum Gasteiger partial charge on any atom is 0.251 e. The molecule has 0 bridgehead atoms. The van der Waals surface area contributed by atoms with Crippen LogP contribution in [0.5, 0.6) is 0 Å². The second-order valence-corrected chi connectivity index (χ2v) is 3.35. The monoisotopic (exact) mass is 253 g/mol. The minimum Gasteiger partial charge on any atom is -0.370 e. The summed E-state index contributed by atoms with van der Waals surface area (Å²) in [6.07, 6.45) is 1.47. The van der Waals surface area contributed by atoms with E-state index < -0.39 is 5.91 Å². The van der Waals surface area contributed by atoms with E-state index >= 15 is 0 Å². The lowest BCUT2D eigenvalue weighted by molar-refractivity contribution is -0.122. The number of pyridine rings is 1. The van der Waals surface area contributed by atoms with Crippen molar-refractivity contribution in [3.63, 3.8) is 0 Å². The van der Waals surface area contributed by atoms with E-state index in [0.717, 1.165) is 0 Å². The second kappa shape index (κ2) is 7.20. The van der Waals surface area contributed by atoms with E-state index in [4.69, 9.17) is 16.3 Å². The zero-order chi connectivity index (χ0) is 13.4. The molecule has 0 saturated carbocycles. The van der Waals surface area contributed by atoms with Crippen LogP contribution < -0.4 is 22.3 Å². The van der Waals surface area contributed by atoms with Crippen molar-refractivity contribution in [2.24, 2.45) is 11.6 Å². The number of ether oxygens (including phenoxy) is 1. The molecule has 0 atom stereocenters.